The SMILES string of the molecule is CC(C)(C)c1cccc(C=CCN)c1. The Balaban J connectivity index is 2.96. The lowest BCUT2D eigenvalue weighted by Gasteiger charge is -2.19. The molecule has 0 fully saturated rings. The van der Waals surface area contributed by atoms with E-state index in [2.05, 4.69) is 51.1 Å². The predicted molar refractivity (Wildman–Crippen MR) is 63.2 cm³/mol. The Morgan fingerprint density at radius 3 is 2.57 bits per heavy atom. The van der Waals surface area contributed by atoms with Crippen LogP contribution in [0.4, 0.5) is 0 Å². The number of nitrogens with two attached hydrogens (primary N) is 1. The maximum absolute atomic E-state index is 5.41. The van der Waals surface area contributed by atoms with E-state index in [1.54, 1.807) is 0 Å². The number of hydrogen-bond donors (Lipinski definition) is 1. The van der Waals surface area contributed by atoms with E-state index >= 15 is 0 Å². The van der Waals surface area contributed by atoms with E-state index in [1.165, 1.54) is 11.1 Å². The molecule has 1 aromatic carbocycles. The second kappa shape index (κ2) is 4.43. The van der Waals surface area contributed by atoms with Crippen LogP contribution in [0.15, 0.2) is 30.3 Å². The molecule has 0 atom stereocenters. The topological polar surface area (TPSA) is 26.0 Å². The smallest absolute Gasteiger partial charge is 0.0110 e. The maximum atomic E-state index is 5.41. The summed E-state index contributed by atoms with van der Waals surface area (Å²) in [6.07, 6.45) is 4.04. The molecule has 1 rings (SSSR count). The Labute approximate surface area is 86.6 Å². The van der Waals surface area contributed by atoms with Gasteiger partial charge in [0.15, 0.2) is 0 Å². The van der Waals surface area contributed by atoms with Gasteiger partial charge in [-0.3, -0.25) is 0 Å². The monoisotopic (exact) mass is 189 g/mol. The predicted octanol–water partition coefficient (Wildman–Crippen LogP) is 2.96. The molecule has 0 saturated heterocycles. The lowest BCUT2D eigenvalue weighted by Crippen LogP contribution is -2.10. The summed E-state index contributed by atoms with van der Waals surface area (Å²) in [4.78, 5) is 0. The molecule has 0 amide bonds. The number of benzene rings is 1. The summed E-state index contributed by atoms with van der Waals surface area (Å²) in [5.74, 6) is 0. The van der Waals surface area contributed by atoms with Crippen LogP contribution in [0.25, 0.3) is 6.08 Å². The van der Waals surface area contributed by atoms with E-state index in [9.17, 15) is 0 Å². The fourth-order valence-corrected chi connectivity index (χ4v) is 1.31. The first-order chi connectivity index (χ1) is 6.54. The Kier molecular flexibility index (Phi) is 3.48. The van der Waals surface area contributed by atoms with Gasteiger partial charge in [0.2, 0.25) is 0 Å². The molecule has 0 aromatic heterocycles. The highest BCUT2D eigenvalue weighted by atomic mass is 14.5. The molecule has 1 nitrogen and oxygen atoms in total. The Morgan fingerprint density at radius 1 is 1.29 bits per heavy atom. The molecule has 2 N–H and O–H groups in total. The summed E-state index contributed by atoms with van der Waals surface area (Å²) in [7, 11) is 0. The van der Waals surface area contributed by atoms with E-state index in [1.807, 2.05) is 6.08 Å². The molecule has 0 aliphatic heterocycles. The van der Waals surface area contributed by atoms with Crippen LogP contribution in [0, 0.1) is 0 Å². The molecular weight excluding hydrogens is 170 g/mol. The molecule has 0 spiro atoms. The van der Waals surface area contributed by atoms with Gasteiger partial charge in [-0.05, 0) is 16.5 Å². The van der Waals surface area contributed by atoms with Gasteiger partial charge in [-0.25, -0.2) is 0 Å². The summed E-state index contributed by atoms with van der Waals surface area (Å²) in [5, 5.41) is 0. The first kappa shape index (κ1) is 11.0. The molecule has 76 valence electrons. The van der Waals surface area contributed by atoms with Gasteiger partial charge in [0.1, 0.15) is 0 Å². The molecule has 0 heterocycles. The van der Waals surface area contributed by atoms with Crippen molar-refractivity contribution in [3.8, 4) is 0 Å². The normalized spacial score (nSPS) is 12.3. The van der Waals surface area contributed by atoms with Crippen molar-refractivity contribution in [3.05, 3.63) is 41.5 Å². The van der Waals surface area contributed by atoms with Crippen molar-refractivity contribution < 1.29 is 0 Å². The van der Waals surface area contributed by atoms with Crippen LogP contribution in [0.1, 0.15) is 31.9 Å². The first-order valence-corrected chi connectivity index (χ1v) is 5.01. The van der Waals surface area contributed by atoms with Gasteiger partial charge < -0.3 is 5.73 Å². The zero-order chi connectivity index (χ0) is 10.6. The zero-order valence-corrected chi connectivity index (χ0v) is 9.25. The maximum Gasteiger partial charge on any atom is 0.0110 e. The van der Waals surface area contributed by atoms with E-state index in [-0.39, 0.29) is 5.41 Å². The molecule has 0 bridgehead atoms. The Hall–Kier alpha value is -1.08. The molecule has 1 heteroatoms. The number of rotatable bonds is 2. The highest BCUT2D eigenvalue weighted by molar-refractivity contribution is 5.51. The standard InChI is InChI=1S/C13H19N/c1-13(2,3)12-8-4-6-11(10-12)7-5-9-14/h4-8,10H,9,14H2,1-3H3. The van der Waals surface area contributed by atoms with Crippen molar-refractivity contribution in [3.63, 3.8) is 0 Å². The fraction of sp³-hybridized carbons (Fsp3) is 0.385. The second-order valence-electron chi connectivity index (χ2n) is 4.51. The van der Waals surface area contributed by atoms with Crippen molar-refractivity contribution in [1.82, 2.24) is 0 Å². The highest BCUT2D eigenvalue weighted by Crippen LogP contribution is 2.23. The second-order valence-corrected chi connectivity index (χ2v) is 4.51. The quantitative estimate of drug-likeness (QED) is 0.760. The van der Waals surface area contributed by atoms with Gasteiger partial charge in [0, 0.05) is 6.54 Å². The summed E-state index contributed by atoms with van der Waals surface area (Å²) in [6, 6.07) is 8.57. The van der Waals surface area contributed by atoms with E-state index in [0.29, 0.717) is 6.54 Å². The molecule has 0 radical (unpaired) electrons. The molecule has 14 heavy (non-hydrogen) atoms. The van der Waals surface area contributed by atoms with Crippen molar-refractivity contribution in [2.45, 2.75) is 26.2 Å². The van der Waals surface area contributed by atoms with Gasteiger partial charge >= 0.3 is 0 Å². The van der Waals surface area contributed by atoms with E-state index in [0.717, 1.165) is 0 Å². The minimum absolute atomic E-state index is 0.215. The minimum Gasteiger partial charge on any atom is -0.327 e. The average Bonchev–Trinajstić information content (AvgIpc) is 2.14. The van der Waals surface area contributed by atoms with Crippen LogP contribution < -0.4 is 5.73 Å². The summed E-state index contributed by atoms with van der Waals surface area (Å²) in [6.45, 7) is 7.26. The van der Waals surface area contributed by atoms with Crippen LogP contribution >= 0.6 is 0 Å². The van der Waals surface area contributed by atoms with Gasteiger partial charge in [0.25, 0.3) is 0 Å². The van der Waals surface area contributed by atoms with Gasteiger partial charge in [-0.2, -0.15) is 0 Å². The van der Waals surface area contributed by atoms with Crippen molar-refractivity contribution >= 4 is 6.08 Å². The molecule has 0 saturated carbocycles. The van der Waals surface area contributed by atoms with Gasteiger partial charge in [-0.1, -0.05) is 57.2 Å². The molecule has 1 aromatic rings. The van der Waals surface area contributed by atoms with Crippen LogP contribution in [-0.4, -0.2) is 6.54 Å². The van der Waals surface area contributed by atoms with Crippen molar-refractivity contribution in [2.24, 2.45) is 5.73 Å². The minimum atomic E-state index is 0.215. The van der Waals surface area contributed by atoms with Crippen molar-refractivity contribution in [2.75, 3.05) is 6.54 Å². The zero-order valence-electron chi connectivity index (χ0n) is 9.25. The van der Waals surface area contributed by atoms with E-state index in [4.69, 9.17) is 5.73 Å². The lowest BCUT2D eigenvalue weighted by atomic mass is 9.86. The average molecular weight is 189 g/mol. The number of hydrogen-bond acceptors (Lipinski definition) is 1. The Morgan fingerprint density at radius 2 is 2.00 bits per heavy atom. The van der Waals surface area contributed by atoms with Crippen LogP contribution in [0.3, 0.4) is 0 Å². The highest BCUT2D eigenvalue weighted by Gasteiger charge is 2.12. The third-order valence-corrected chi connectivity index (χ3v) is 2.20. The summed E-state index contributed by atoms with van der Waals surface area (Å²) < 4.78 is 0. The molecule has 0 unspecified atom stereocenters. The van der Waals surface area contributed by atoms with Crippen LogP contribution in [0.5, 0.6) is 0 Å². The lowest BCUT2D eigenvalue weighted by molar-refractivity contribution is 0.590. The van der Waals surface area contributed by atoms with Crippen molar-refractivity contribution in [1.29, 1.82) is 0 Å². The molecular formula is C13H19N. The van der Waals surface area contributed by atoms with Crippen LogP contribution in [-0.2, 0) is 5.41 Å². The van der Waals surface area contributed by atoms with Gasteiger partial charge in [0.05, 0.1) is 0 Å². The first-order valence-electron chi connectivity index (χ1n) is 5.01. The summed E-state index contributed by atoms with van der Waals surface area (Å²) >= 11 is 0. The molecule has 0 aliphatic rings. The third kappa shape index (κ3) is 3.00. The fourth-order valence-electron chi connectivity index (χ4n) is 1.31. The van der Waals surface area contributed by atoms with E-state index < -0.39 is 0 Å². The Bertz CT molecular complexity index is 318. The largest absolute Gasteiger partial charge is 0.327 e. The molecule has 0 aliphatic carbocycles. The summed E-state index contributed by atoms with van der Waals surface area (Å²) in [5.41, 5.74) is 8.21. The van der Waals surface area contributed by atoms with Crippen LogP contribution in [0.2, 0.25) is 0 Å². The van der Waals surface area contributed by atoms with Gasteiger partial charge in [-0.15, -0.1) is 0 Å². The third-order valence-electron chi connectivity index (χ3n) is 2.20.